The fourth-order valence-electron chi connectivity index (χ4n) is 1.68. The molecule has 0 saturated heterocycles. The van der Waals surface area contributed by atoms with Gasteiger partial charge < -0.3 is 9.83 Å². The summed E-state index contributed by atoms with van der Waals surface area (Å²) in [6.07, 6.45) is 5.35. The number of nitrogens with one attached hydrogen (secondary N) is 1. The number of benzene rings is 1. The van der Waals surface area contributed by atoms with Crippen molar-refractivity contribution in [3.8, 4) is 0 Å². The zero-order valence-electron chi connectivity index (χ0n) is 9.75. The fraction of sp³-hybridized carbons (Fsp3) is 0. The summed E-state index contributed by atoms with van der Waals surface area (Å²) >= 11 is 7.47. The van der Waals surface area contributed by atoms with Crippen molar-refractivity contribution in [3.05, 3.63) is 47.9 Å². The second-order valence-electron chi connectivity index (χ2n) is 3.79. The van der Waals surface area contributed by atoms with Crippen molar-refractivity contribution in [2.24, 2.45) is 5.84 Å². The van der Waals surface area contributed by atoms with Gasteiger partial charge in [-0.3, -0.25) is 0 Å². The van der Waals surface area contributed by atoms with Gasteiger partial charge in [0.2, 0.25) is 0 Å². The average Bonchev–Trinajstić information content (AvgIpc) is 2.87. The summed E-state index contributed by atoms with van der Waals surface area (Å²) in [5, 5.41) is 1.46. The highest BCUT2D eigenvalue weighted by Crippen LogP contribution is 2.31. The summed E-state index contributed by atoms with van der Waals surface area (Å²) in [5.41, 5.74) is 3.33. The lowest BCUT2D eigenvalue weighted by Crippen LogP contribution is -2.10. The third kappa shape index (κ3) is 2.51. The molecule has 0 saturated carbocycles. The molecule has 0 fully saturated rings. The minimum absolute atomic E-state index is 0.579. The van der Waals surface area contributed by atoms with Crippen LogP contribution >= 0.6 is 23.4 Å². The van der Waals surface area contributed by atoms with Gasteiger partial charge in [-0.2, -0.15) is 0 Å². The number of fused-ring (bicyclic) bond motifs is 1. The SMILES string of the molecule is NNc1cn2ccnc2c(Sc2cccc(Cl)c2)n1. The molecule has 0 aliphatic rings. The Kier molecular flexibility index (Phi) is 3.29. The van der Waals surface area contributed by atoms with Crippen LogP contribution in [0.2, 0.25) is 5.02 Å². The van der Waals surface area contributed by atoms with Gasteiger partial charge in [-0.15, -0.1) is 0 Å². The standard InChI is InChI=1S/C12H10ClN5S/c13-8-2-1-3-9(6-8)19-12-11-15-4-5-18(11)7-10(16-12)17-14/h1-7,17H,14H2. The van der Waals surface area contributed by atoms with E-state index in [1.807, 2.05) is 34.9 Å². The molecule has 3 N–H and O–H groups in total. The molecule has 3 rings (SSSR count). The van der Waals surface area contributed by atoms with Gasteiger partial charge in [-0.1, -0.05) is 29.4 Å². The van der Waals surface area contributed by atoms with Crippen molar-refractivity contribution in [1.82, 2.24) is 14.4 Å². The summed E-state index contributed by atoms with van der Waals surface area (Å²) < 4.78 is 1.87. The van der Waals surface area contributed by atoms with E-state index in [1.165, 1.54) is 11.8 Å². The zero-order valence-corrected chi connectivity index (χ0v) is 11.3. The predicted molar refractivity (Wildman–Crippen MR) is 76.4 cm³/mol. The van der Waals surface area contributed by atoms with Crippen LogP contribution in [0.4, 0.5) is 5.82 Å². The minimum Gasteiger partial charge on any atom is -0.307 e. The predicted octanol–water partition coefficient (Wildman–Crippen LogP) is 2.82. The molecule has 1 aromatic carbocycles. The van der Waals surface area contributed by atoms with Gasteiger partial charge in [0.05, 0.1) is 6.20 Å². The number of aromatic nitrogens is 3. The maximum absolute atomic E-state index is 5.98. The van der Waals surface area contributed by atoms with Crippen molar-refractivity contribution in [2.75, 3.05) is 5.43 Å². The van der Waals surface area contributed by atoms with E-state index in [0.717, 1.165) is 15.6 Å². The van der Waals surface area contributed by atoms with Crippen molar-refractivity contribution in [2.45, 2.75) is 9.92 Å². The average molecular weight is 292 g/mol. The number of hydrogen-bond acceptors (Lipinski definition) is 5. The van der Waals surface area contributed by atoms with Crippen molar-refractivity contribution < 1.29 is 0 Å². The molecule has 0 aliphatic heterocycles. The highest BCUT2D eigenvalue weighted by molar-refractivity contribution is 7.99. The first-order chi connectivity index (χ1) is 9.26. The zero-order chi connectivity index (χ0) is 13.2. The van der Waals surface area contributed by atoms with Crippen LogP contribution in [-0.4, -0.2) is 14.4 Å². The molecule has 0 bridgehead atoms. The minimum atomic E-state index is 0.579. The van der Waals surface area contributed by atoms with E-state index in [1.54, 1.807) is 12.4 Å². The lowest BCUT2D eigenvalue weighted by atomic mass is 10.4. The van der Waals surface area contributed by atoms with Crippen LogP contribution in [0.1, 0.15) is 0 Å². The molecule has 3 aromatic rings. The number of nitrogen functional groups attached to an aromatic ring is 1. The number of imidazole rings is 1. The van der Waals surface area contributed by atoms with Crippen molar-refractivity contribution >= 4 is 34.8 Å². The van der Waals surface area contributed by atoms with Gasteiger partial charge in [0.15, 0.2) is 11.5 Å². The summed E-state index contributed by atoms with van der Waals surface area (Å²) in [5.74, 6) is 6.00. The van der Waals surface area contributed by atoms with E-state index in [0.29, 0.717) is 10.8 Å². The Bertz CT molecular complexity index is 727. The van der Waals surface area contributed by atoms with Crippen molar-refractivity contribution in [3.63, 3.8) is 0 Å². The number of rotatable bonds is 3. The van der Waals surface area contributed by atoms with Gasteiger partial charge in [0.25, 0.3) is 0 Å². The number of anilines is 1. The molecule has 96 valence electrons. The van der Waals surface area contributed by atoms with Crippen molar-refractivity contribution in [1.29, 1.82) is 0 Å². The molecule has 19 heavy (non-hydrogen) atoms. The Morgan fingerprint density at radius 1 is 1.37 bits per heavy atom. The van der Waals surface area contributed by atoms with Crippen LogP contribution in [0, 0.1) is 0 Å². The second kappa shape index (κ2) is 5.08. The first-order valence-corrected chi connectivity index (χ1v) is 6.69. The van der Waals surface area contributed by atoms with Gasteiger partial charge in [0, 0.05) is 22.3 Å². The summed E-state index contributed by atoms with van der Waals surface area (Å²) in [6.45, 7) is 0. The Morgan fingerprint density at radius 3 is 3.05 bits per heavy atom. The topological polar surface area (TPSA) is 68.2 Å². The summed E-state index contributed by atoms with van der Waals surface area (Å²) in [6, 6.07) is 7.59. The Labute approximate surface area is 118 Å². The molecule has 0 spiro atoms. The van der Waals surface area contributed by atoms with E-state index in [-0.39, 0.29) is 0 Å². The largest absolute Gasteiger partial charge is 0.307 e. The molecule has 0 unspecified atom stereocenters. The van der Waals surface area contributed by atoms with Crippen LogP contribution in [0.25, 0.3) is 5.65 Å². The molecule has 5 nitrogen and oxygen atoms in total. The fourth-order valence-corrected chi connectivity index (χ4v) is 2.89. The molecule has 0 amide bonds. The number of nitrogens with zero attached hydrogens (tertiary/aromatic N) is 3. The molecule has 0 aliphatic carbocycles. The van der Waals surface area contributed by atoms with Gasteiger partial charge in [-0.25, -0.2) is 15.8 Å². The van der Waals surface area contributed by atoms with Crippen LogP contribution in [-0.2, 0) is 0 Å². The Morgan fingerprint density at radius 2 is 2.26 bits per heavy atom. The number of hydrogen-bond donors (Lipinski definition) is 2. The molecule has 0 radical (unpaired) electrons. The van der Waals surface area contributed by atoms with Crippen LogP contribution in [0.5, 0.6) is 0 Å². The third-order valence-corrected chi connectivity index (χ3v) is 3.69. The van der Waals surface area contributed by atoms with Gasteiger partial charge in [0.1, 0.15) is 5.03 Å². The molecule has 7 heteroatoms. The Hall–Kier alpha value is -1.76. The Balaban J connectivity index is 2.06. The molecule has 2 heterocycles. The number of nitrogens with two attached hydrogens (primary N) is 1. The monoisotopic (exact) mass is 291 g/mol. The lowest BCUT2D eigenvalue weighted by Gasteiger charge is -2.06. The van der Waals surface area contributed by atoms with Crippen LogP contribution in [0.15, 0.2) is 52.8 Å². The number of halogens is 1. The van der Waals surface area contributed by atoms with Gasteiger partial charge >= 0.3 is 0 Å². The maximum atomic E-state index is 5.98. The first-order valence-electron chi connectivity index (χ1n) is 5.50. The van der Waals surface area contributed by atoms with E-state index >= 15 is 0 Å². The van der Waals surface area contributed by atoms with E-state index < -0.39 is 0 Å². The molecular formula is C12H10ClN5S. The smallest absolute Gasteiger partial charge is 0.170 e. The van der Waals surface area contributed by atoms with Crippen LogP contribution in [0.3, 0.4) is 0 Å². The highest BCUT2D eigenvalue weighted by Gasteiger charge is 2.09. The first kappa shape index (κ1) is 12.3. The van der Waals surface area contributed by atoms with E-state index in [2.05, 4.69) is 15.4 Å². The van der Waals surface area contributed by atoms with Gasteiger partial charge in [-0.05, 0) is 18.2 Å². The van der Waals surface area contributed by atoms with Crippen LogP contribution < -0.4 is 11.3 Å². The molecular weight excluding hydrogens is 282 g/mol. The molecule has 0 atom stereocenters. The normalized spacial score (nSPS) is 10.8. The summed E-state index contributed by atoms with van der Waals surface area (Å²) in [4.78, 5) is 9.71. The highest BCUT2D eigenvalue weighted by atomic mass is 35.5. The molecule has 2 aromatic heterocycles. The quantitative estimate of drug-likeness (QED) is 0.574. The lowest BCUT2D eigenvalue weighted by molar-refractivity contribution is 1.02. The maximum Gasteiger partial charge on any atom is 0.170 e. The summed E-state index contributed by atoms with van der Waals surface area (Å²) in [7, 11) is 0. The number of hydrazine groups is 1. The second-order valence-corrected chi connectivity index (χ2v) is 5.29. The van der Waals surface area contributed by atoms with E-state index in [9.17, 15) is 0 Å². The third-order valence-electron chi connectivity index (χ3n) is 2.50. The van der Waals surface area contributed by atoms with E-state index in [4.69, 9.17) is 17.4 Å².